The fourth-order valence-corrected chi connectivity index (χ4v) is 3.24. The minimum absolute atomic E-state index is 0.142. The molecule has 1 aliphatic carbocycles. The van der Waals surface area contributed by atoms with Gasteiger partial charge in [-0.2, -0.15) is 5.26 Å². The third-order valence-corrected chi connectivity index (χ3v) is 4.30. The third-order valence-electron chi connectivity index (χ3n) is 4.10. The first kappa shape index (κ1) is 13.5. The molecule has 3 unspecified atom stereocenters. The van der Waals surface area contributed by atoms with E-state index in [4.69, 9.17) is 11.6 Å². The summed E-state index contributed by atoms with van der Waals surface area (Å²) in [6.45, 7) is 4.17. The second-order valence-electron chi connectivity index (χ2n) is 5.59. The van der Waals surface area contributed by atoms with Crippen LogP contribution in [0.2, 0.25) is 0 Å². The highest BCUT2D eigenvalue weighted by atomic mass is 35.5. The summed E-state index contributed by atoms with van der Waals surface area (Å²) in [6, 6.07) is 8.53. The lowest BCUT2D eigenvalue weighted by Gasteiger charge is -2.10. The standard InChI is InChI=1S/C16H18ClN3/c1-3-5-11-8-14(11)20-13-7-4-6-12(9-18)15(13)19-16(20)10(2)17/h4,6-7,10-11,14H,3,5,8H2,1-2H3. The van der Waals surface area contributed by atoms with Gasteiger partial charge in [0, 0.05) is 6.04 Å². The number of hydrogen-bond acceptors (Lipinski definition) is 2. The van der Waals surface area contributed by atoms with E-state index in [1.807, 2.05) is 25.1 Å². The Morgan fingerprint density at radius 2 is 2.35 bits per heavy atom. The van der Waals surface area contributed by atoms with Crippen LogP contribution < -0.4 is 0 Å². The highest BCUT2D eigenvalue weighted by Crippen LogP contribution is 2.49. The summed E-state index contributed by atoms with van der Waals surface area (Å²) in [7, 11) is 0. The average molecular weight is 288 g/mol. The molecule has 1 saturated carbocycles. The van der Waals surface area contributed by atoms with E-state index < -0.39 is 0 Å². The number of nitriles is 1. The van der Waals surface area contributed by atoms with Crippen molar-refractivity contribution in [2.24, 2.45) is 5.92 Å². The number of aromatic nitrogens is 2. The number of fused-ring (bicyclic) bond motifs is 1. The summed E-state index contributed by atoms with van der Waals surface area (Å²) >= 11 is 6.31. The van der Waals surface area contributed by atoms with Crippen molar-refractivity contribution >= 4 is 22.6 Å². The van der Waals surface area contributed by atoms with Crippen molar-refractivity contribution in [3.05, 3.63) is 29.6 Å². The monoisotopic (exact) mass is 287 g/mol. The van der Waals surface area contributed by atoms with Crippen LogP contribution in [0.1, 0.15) is 55.9 Å². The van der Waals surface area contributed by atoms with Gasteiger partial charge < -0.3 is 4.57 Å². The van der Waals surface area contributed by atoms with Gasteiger partial charge in [0.1, 0.15) is 17.4 Å². The van der Waals surface area contributed by atoms with E-state index in [1.165, 1.54) is 19.3 Å². The first-order chi connectivity index (χ1) is 9.67. The maximum atomic E-state index is 9.23. The summed E-state index contributed by atoms with van der Waals surface area (Å²) in [4.78, 5) is 4.65. The van der Waals surface area contributed by atoms with Crippen molar-refractivity contribution in [3.63, 3.8) is 0 Å². The smallest absolute Gasteiger partial charge is 0.128 e. The number of benzene rings is 1. The van der Waals surface area contributed by atoms with Gasteiger partial charge in [0.15, 0.2) is 0 Å². The number of imidazole rings is 1. The van der Waals surface area contributed by atoms with Gasteiger partial charge in [-0.1, -0.05) is 19.4 Å². The van der Waals surface area contributed by atoms with E-state index in [2.05, 4.69) is 22.5 Å². The molecular formula is C16H18ClN3. The first-order valence-corrected chi connectivity index (χ1v) is 7.66. The molecule has 4 heteroatoms. The van der Waals surface area contributed by atoms with Crippen molar-refractivity contribution in [1.82, 2.24) is 9.55 Å². The molecule has 0 aliphatic heterocycles. The zero-order valence-corrected chi connectivity index (χ0v) is 12.6. The maximum Gasteiger partial charge on any atom is 0.128 e. The topological polar surface area (TPSA) is 41.6 Å². The molecule has 0 N–H and O–H groups in total. The first-order valence-electron chi connectivity index (χ1n) is 7.22. The van der Waals surface area contributed by atoms with Gasteiger partial charge in [-0.25, -0.2) is 4.98 Å². The molecule has 20 heavy (non-hydrogen) atoms. The second-order valence-corrected chi connectivity index (χ2v) is 6.25. The van der Waals surface area contributed by atoms with E-state index in [0.717, 1.165) is 22.8 Å². The van der Waals surface area contributed by atoms with Gasteiger partial charge in [-0.3, -0.25) is 0 Å². The number of rotatable bonds is 4. The summed E-state index contributed by atoms with van der Waals surface area (Å²) in [5, 5.41) is 9.09. The van der Waals surface area contributed by atoms with E-state index in [-0.39, 0.29) is 5.38 Å². The number of halogens is 1. The largest absolute Gasteiger partial charge is 0.323 e. The van der Waals surface area contributed by atoms with Crippen LogP contribution in [0.25, 0.3) is 11.0 Å². The lowest BCUT2D eigenvalue weighted by molar-refractivity contribution is 0.597. The van der Waals surface area contributed by atoms with Gasteiger partial charge in [0.2, 0.25) is 0 Å². The lowest BCUT2D eigenvalue weighted by Crippen LogP contribution is -2.03. The van der Waals surface area contributed by atoms with E-state index in [1.54, 1.807) is 0 Å². The zero-order valence-electron chi connectivity index (χ0n) is 11.8. The van der Waals surface area contributed by atoms with Crippen molar-refractivity contribution in [1.29, 1.82) is 5.26 Å². The van der Waals surface area contributed by atoms with Crippen LogP contribution >= 0.6 is 11.6 Å². The van der Waals surface area contributed by atoms with Crippen LogP contribution in [0.3, 0.4) is 0 Å². The minimum Gasteiger partial charge on any atom is -0.323 e. The lowest BCUT2D eigenvalue weighted by atomic mass is 10.2. The highest BCUT2D eigenvalue weighted by molar-refractivity contribution is 6.20. The van der Waals surface area contributed by atoms with E-state index in [0.29, 0.717) is 11.6 Å². The molecule has 0 saturated heterocycles. The molecule has 1 fully saturated rings. The van der Waals surface area contributed by atoms with Crippen molar-refractivity contribution in [2.45, 2.75) is 44.5 Å². The van der Waals surface area contributed by atoms with E-state index >= 15 is 0 Å². The Kier molecular flexibility index (Phi) is 3.43. The van der Waals surface area contributed by atoms with Crippen LogP contribution in [0.4, 0.5) is 0 Å². The van der Waals surface area contributed by atoms with Gasteiger partial charge in [-0.15, -0.1) is 11.6 Å². The van der Waals surface area contributed by atoms with E-state index in [9.17, 15) is 5.26 Å². The molecule has 0 bridgehead atoms. The fourth-order valence-electron chi connectivity index (χ4n) is 3.08. The SMILES string of the molecule is CCCC1CC1n1c(C(C)Cl)nc2c(C#N)cccc21. The summed E-state index contributed by atoms with van der Waals surface area (Å²) < 4.78 is 2.27. The Hall–Kier alpha value is -1.53. The van der Waals surface area contributed by atoms with Crippen LogP contribution in [-0.2, 0) is 0 Å². The zero-order chi connectivity index (χ0) is 14.3. The molecule has 0 amide bonds. The highest BCUT2D eigenvalue weighted by Gasteiger charge is 2.40. The van der Waals surface area contributed by atoms with Crippen LogP contribution in [0.5, 0.6) is 0 Å². The Morgan fingerprint density at radius 1 is 1.55 bits per heavy atom. The van der Waals surface area contributed by atoms with Gasteiger partial charge in [0.25, 0.3) is 0 Å². The average Bonchev–Trinajstić information content (AvgIpc) is 3.07. The molecule has 2 aromatic rings. The molecule has 0 radical (unpaired) electrons. The van der Waals surface area contributed by atoms with Crippen LogP contribution in [0.15, 0.2) is 18.2 Å². The van der Waals surface area contributed by atoms with Gasteiger partial charge in [0.05, 0.1) is 16.5 Å². The fraction of sp³-hybridized carbons (Fsp3) is 0.500. The molecule has 0 spiro atoms. The second kappa shape index (κ2) is 5.10. The van der Waals surface area contributed by atoms with Crippen molar-refractivity contribution in [2.75, 3.05) is 0 Å². The Bertz CT molecular complexity index is 681. The molecule has 3 rings (SSSR count). The number of nitrogens with zero attached hydrogens (tertiary/aromatic N) is 3. The number of para-hydroxylation sites is 1. The molecule has 3 atom stereocenters. The van der Waals surface area contributed by atoms with Crippen LogP contribution in [-0.4, -0.2) is 9.55 Å². The van der Waals surface area contributed by atoms with Gasteiger partial charge in [-0.05, 0) is 37.8 Å². The Morgan fingerprint density at radius 3 is 3.00 bits per heavy atom. The van der Waals surface area contributed by atoms with Crippen molar-refractivity contribution in [3.8, 4) is 6.07 Å². The molecule has 3 nitrogen and oxygen atoms in total. The Labute approximate surface area is 124 Å². The third kappa shape index (κ3) is 2.09. The van der Waals surface area contributed by atoms with Crippen molar-refractivity contribution < 1.29 is 0 Å². The normalized spacial score (nSPS) is 22.7. The predicted octanol–water partition coefficient (Wildman–Crippen LogP) is 4.57. The minimum atomic E-state index is -0.142. The molecule has 1 aromatic carbocycles. The predicted molar refractivity (Wildman–Crippen MR) is 80.8 cm³/mol. The summed E-state index contributed by atoms with van der Waals surface area (Å²) in [6.07, 6.45) is 3.66. The molecule has 1 aliphatic rings. The molecule has 1 aromatic heterocycles. The number of alkyl halides is 1. The summed E-state index contributed by atoms with van der Waals surface area (Å²) in [5.74, 6) is 1.63. The van der Waals surface area contributed by atoms with Crippen LogP contribution in [0, 0.1) is 17.2 Å². The molecule has 104 valence electrons. The quantitative estimate of drug-likeness (QED) is 0.773. The Balaban J connectivity index is 2.14. The molecule has 1 heterocycles. The maximum absolute atomic E-state index is 9.23. The van der Waals surface area contributed by atoms with Gasteiger partial charge >= 0.3 is 0 Å². The number of hydrogen-bond donors (Lipinski definition) is 0. The summed E-state index contributed by atoms with van der Waals surface area (Å²) in [5.41, 5.74) is 2.47. The molecular weight excluding hydrogens is 270 g/mol.